The first-order valence-electron chi connectivity index (χ1n) is 10.2. The lowest BCUT2D eigenvalue weighted by atomic mass is 10.0. The number of hydrogen-bond acceptors (Lipinski definition) is 4. The Morgan fingerprint density at radius 2 is 1.90 bits per heavy atom. The predicted molar refractivity (Wildman–Crippen MR) is 115 cm³/mol. The number of thioether (sulfide) groups is 1. The molecule has 1 fully saturated rings. The summed E-state index contributed by atoms with van der Waals surface area (Å²) in [5.41, 5.74) is 2.41. The highest BCUT2D eigenvalue weighted by molar-refractivity contribution is 7.98. The fraction of sp³-hybridized carbons (Fsp3) is 0.435. The summed E-state index contributed by atoms with van der Waals surface area (Å²) < 4.78 is 11.4. The van der Waals surface area contributed by atoms with Crippen LogP contribution >= 0.6 is 11.8 Å². The van der Waals surface area contributed by atoms with E-state index in [4.69, 9.17) is 9.47 Å². The normalized spacial score (nSPS) is 20.5. The summed E-state index contributed by atoms with van der Waals surface area (Å²) in [6, 6.07) is 15.0. The molecule has 2 aromatic carbocycles. The maximum absolute atomic E-state index is 12.9. The molecule has 154 valence electrons. The third-order valence-corrected chi connectivity index (χ3v) is 6.58. The minimum absolute atomic E-state index is 0.193. The zero-order valence-electron chi connectivity index (χ0n) is 17.1. The van der Waals surface area contributed by atoms with Gasteiger partial charge in [0, 0.05) is 36.9 Å². The lowest BCUT2D eigenvalue weighted by molar-refractivity contribution is -0.910. The van der Waals surface area contributed by atoms with Crippen LogP contribution in [0, 0.1) is 0 Å². The molecule has 0 saturated carbocycles. The summed E-state index contributed by atoms with van der Waals surface area (Å²) in [7, 11) is 1.90. The van der Waals surface area contributed by atoms with Gasteiger partial charge in [0.05, 0.1) is 6.54 Å². The third kappa shape index (κ3) is 4.70. The second-order valence-electron chi connectivity index (χ2n) is 7.78. The van der Waals surface area contributed by atoms with Crippen LogP contribution in [0.1, 0.15) is 30.0 Å². The van der Waals surface area contributed by atoms with Gasteiger partial charge in [0.15, 0.2) is 18.0 Å². The van der Waals surface area contributed by atoms with Gasteiger partial charge in [0.2, 0.25) is 0 Å². The van der Waals surface area contributed by atoms with E-state index in [1.165, 1.54) is 20.9 Å². The van der Waals surface area contributed by atoms with Gasteiger partial charge in [0.1, 0.15) is 19.3 Å². The van der Waals surface area contributed by atoms with Crippen LogP contribution in [0.3, 0.4) is 0 Å². The van der Waals surface area contributed by atoms with Crippen molar-refractivity contribution in [1.29, 1.82) is 0 Å². The Kier molecular flexibility index (Phi) is 6.31. The lowest BCUT2D eigenvalue weighted by Crippen LogP contribution is -3.11. The molecule has 1 N–H and O–H groups in total. The van der Waals surface area contributed by atoms with Crippen LogP contribution in [0.5, 0.6) is 11.5 Å². The summed E-state index contributed by atoms with van der Waals surface area (Å²) >= 11 is 1.73. The van der Waals surface area contributed by atoms with E-state index in [9.17, 15) is 4.79 Å². The molecule has 2 atom stereocenters. The predicted octanol–water partition coefficient (Wildman–Crippen LogP) is 2.56. The molecule has 2 aromatic rings. The fourth-order valence-corrected chi connectivity index (χ4v) is 4.63. The Balaban J connectivity index is 1.39. The molecule has 6 heteroatoms. The summed E-state index contributed by atoms with van der Waals surface area (Å²) in [6.45, 7) is 3.40. The first-order chi connectivity index (χ1) is 14.1. The second-order valence-corrected chi connectivity index (χ2v) is 8.66. The average molecular weight is 414 g/mol. The Bertz CT molecular complexity index is 856. The molecule has 0 aromatic heterocycles. The molecule has 1 saturated heterocycles. The van der Waals surface area contributed by atoms with Gasteiger partial charge in [-0.1, -0.05) is 12.1 Å². The molecular formula is C23H29N2O3S+. The summed E-state index contributed by atoms with van der Waals surface area (Å²) in [6.07, 6.45) is 4.31. The quantitative estimate of drug-likeness (QED) is 0.740. The van der Waals surface area contributed by atoms with Crippen molar-refractivity contribution in [3.05, 3.63) is 53.6 Å². The van der Waals surface area contributed by atoms with Gasteiger partial charge in [-0.2, -0.15) is 0 Å². The maximum Gasteiger partial charge on any atom is 0.277 e. The summed E-state index contributed by atoms with van der Waals surface area (Å²) in [4.78, 5) is 17.3. The van der Waals surface area contributed by atoms with Crippen molar-refractivity contribution in [1.82, 2.24) is 4.90 Å². The number of nitrogens with zero attached hydrogens (tertiary/aromatic N) is 1. The van der Waals surface area contributed by atoms with Crippen molar-refractivity contribution in [3.63, 3.8) is 0 Å². The molecule has 2 aliphatic heterocycles. The Morgan fingerprint density at radius 1 is 1.14 bits per heavy atom. The molecule has 0 radical (unpaired) electrons. The number of fused-ring (bicyclic) bond motifs is 1. The highest BCUT2D eigenvalue weighted by atomic mass is 32.2. The van der Waals surface area contributed by atoms with E-state index in [1.54, 1.807) is 11.8 Å². The average Bonchev–Trinajstić information content (AvgIpc) is 3.22. The molecule has 2 heterocycles. The Morgan fingerprint density at radius 3 is 2.66 bits per heavy atom. The number of carbonyl (C=O) groups is 1. The molecule has 0 aliphatic carbocycles. The van der Waals surface area contributed by atoms with Gasteiger partial charge >= 0.3 is 0 Å². The lowest BCUT2D eigenvalue weighted by Gasteiger charge is -2.25. The fourth-order valence-electron chi connectivity index (χ4n) is 4.22. The standard InChI is InChI=1S/C23H28N2O3S/c1-24(15-17-5-8-19(29-2)9-6-17)23(26)16-25-11-3-4-20(25)18-7-10-21-22(14-18)28-13-12-27-21/h5-10,14,20H,3-4,11-13,15-16H2,1-2H3/p+1/t20-/m1/s1. The highest BCUT2D eigenvalue weighted by Crippen LogP contribution is 2.33. The largest absolute Gasteiger partial charge is 0.486 e. The summed E-state index contributed by atoms with van der Waals surface area (Å²) in [5.74, 6) is 1.85. The molecule has 1 amide bonds. The smallest absolute Gasteiger partial charge is 0.277 e. The van der Waals surface area contributed by atoms with Crippen LogP contribution in [0.15, 0.2) is 47.4 Å². The number of benzene rings is 2. The summed E-state index contributed by atoms with van der Waals surface area (Å²) in [5, 5.41) is 0. The van der Waals surface area contributed by atoms with E-state index in [0.717, 1.165) is 30.9 Å². The monoisotopic (exact) mass is 413 g/mol. The van der Waals surface area contributed by atoms with E-state index < -0.39 is 0 Å². The minimum Gasteiger partial charge on any atom is -0.486 e. The van der Waals surface area contributed by atoms with Gasteiger partial charge in [-0.05, 0) is 42.2 Å². The van der Waals surface area contributed by atoms with Crippen molar-refractivity contribution in [2.45, 2.75) is 30.3 Å². The zero-order valence-corrected chi connectivity index (χ0v) is 18.0. The van der Waals surface area contributed by atoms with Crippen molar-refractivity contribution in [3.8, 4) is 11.5 Å². The van der Waals surface area contributed by atoms with E-state index in [-0.39, 0.29) is 5.91 Å². The molecule has 0 spiro atoms. The number of rotatable bonds is 6. The van der Waals surface area contributed by atoms with Crippen LogP contribution in [0.4, 0.5) is 0 Å². The van der Waals surface area contributed by atoms with E-state index >= 15 is 0 Å². The van der Waals surface area contributed by atoms with E-state index in [1.807, 2.05) is 18.0 Å². The van der Waals surface area contributed by atoms with E-state index in [2.05, 4.69) is 42.7 Å². The number of nitrogens with one attached hydrogen (secondary N) is 1. The Hall–Kier alpha value is -2.18. The SMILES string of the molecule is CSc1ccc(CN(C)C(=O)C[NH+]2CCC[C@@H]2c2ccc3c(c2)OCCO3)cc1. The number of ether oxygens (including phenoxy) is 2. The highest BCUT2D eigenvalue weighted by Gasteiger charge is 2.33. The number of amides is 1. The molecular weight excluding hydrogens is 384 g/mol. The molecule has 2 aliphatic rings. The van der Waals surface area contributed by atoms with Crippen molar-refractivity contribution in [2.75, 3.05) is 39.6 Å². The molecule has 29 heavy (non-hydrogen) atoms. The molecule has 1 unspecified atom stereocenters. The zero-order chi connectivity index (χ0) is 20.2. The molecule has 4 rings (SSSR count). The number of quaternary nitrogens is 1. The van der Waals surface area contributed by atoms with Gasteiger partial charge in [-0.3, -0.25) is 4.79 Å². The number of hydrogen-bond donors (Lipinski definition) is 1. The van der Waals surface area contributed by atoms with Gasteiger partial charge < -0.3 is 19.3 Å². The topological polar surface area (TPSA) is 43.2 Å². The first-order valence-corrected chi connectivity index (χ1v) is 11.5. The molecule has 0 bridgehead atoms. The van der Waals surface area contributed by atoms with Crippen LogP contribution in [-0.4, -0.2) is 50.4 Å². The van der Waals surface area contributed by atoms with Crippen molar-refractivity contribution < 1.29 is 19.2 Å². The Labute approximate surface area is 177 Å². The maximum atomic E-state index is 12.9. The minimum atomic E-state index is 0.193. The van der Waals surface area contributed by atoms with Gasteiger partial charge in [-0.25, -0.2) is 0 Å². The van der Waals surface area contributed by atoms with E-state index in [0.29, 0.717) is 32.3 Å². The van der Waals surface area contributed by atoms with Crippen molar-refractivity contribution in [2.24, 2.45) is 0 Å². The number of likely N-dealkylation sites (N-methyl/N-ethyl adjacent to an activating group) is 1. The van der Waals surface area contributed by atoms with Crippen LogP contribution < -0.4 is 14.4 Å². The number of carbonyl (C=O) groups excluding carboxylic acids is 1. The van der Waals surface area contributed by atoms with Gasteiger partial charge in [0.25, 0.3) is 5.91 Å². The first kappa shape index (κ1) is 20.1. The number of likely N-dealkylation sites (tertiary alicyclic amines) is 1. The van der Waals surface area contributed by atoms with Crippen LogP contribution in [-0.2, 0) is 11.3 Å². The van der Waals surface area contributed by atoms with Crippen molar-refractivity contribution >= 4 is 17.7 Å². The van der Waals surface area contributed by atoms with Crippen LogP contribution in [0.25, 0.3) is 0 Å². The molecule has 5 nitrogen and oxygen atoms in total. The van der Waals surface area contributed by atoms with Crippen LogP contribution in [0.2, 0.25) is 0 Å². The second kappa shape index (κ2) is 9.09. The van der Waals surface area contributed by atoms with Gasteiger partial charge in [-0.15, -0.1) is 11.8 Å². The third-order valence-electron chi connectivity index (χ3n) is 5.83.